The molecule has 1 aromatic rings. The van der Waals surface area contributed by atoms with Gasteiger partial charge in [-0.25, -0.2) is 0 Å². The van der Waals surface area contributed by atoms with E-state index in [4.69, 9.17) is 0 Å². The number of carbonyl (C=O) groups excluding carboxylic acids is 1. The van der Waals surface area contributed by atoms with E-state index >= 15 is 0 Å². The molecule has 1 aliphatic rings. The second-order valence-corrected chi connectivity index (χ2v) is 5.54. The van der Waals surface area contributed by atoms with E-state index in [0.717, 1.165) is 31.6 Å². The summed E-state index contributed by atoms with van der Waals surface area (Å²) >= 11 is 0. The summed E-state index contributed by atoms with van der Waals surface area (Å²) in [6.07, 6.45) is 0.985. The van der Waals surface area contributed by atoms with E-state index in [-0.39, 0.29) is 5.91 Å². The maximum absolute atomic E-state index is 12.6. The smallest absolute Gasteiger partial charge is 0.249 e. The third-order valence-electron chi connectivity index (χ3n) is 3.80. The Balaban J connectivity index is 2.10. The van der Waals surface area contributed by atoms with Gasteiger partial charge in [-0.2, -0.15) is 0 Å². The van der Waals surface area contributed by atoms with Crippen molar-refractivity contribution in [1.82, 2.24) is 10.2 Å². The molecule has 2 rings (SSSR count). The summed E-state index contributed by atoms with van der Waals surface area (Å²) in [5.41, 5.74) is 4.62. The van der Waals surface area contributed by atoms with Gasteiger partial charge in [0.2, 0.25) is 5.91 Å². The van der Waals surface area contributed by atoms with Crippen molar-refractivity contribution >= 4 is 5.91 Å². The van der Waals surface area contributed by atoms with Gasteiger partial charge in [0, 0.05) is 31.8 Å². The molecule has 1 saturated heterocycles. The first-order valence-electron chi connectivity index (χ1n) is 7.36. The summed E-state index contributed by atoms with van der Waals surface area (Å²) in [6, 6.07) is 8.42. The van der Waals surface area contributed by atoms with Crippen LogP contribution in [0.25, 0.3) is 0 Å². The summed E-state index contributed by atoms with van der Waals surface area (Å²) < 4.78 is 0. The Bertz CT molecular complexity index is 496. The van der Waals surface area contributed by atoms with Crippen LogP contribution in [0.15, 0.2) is 35.4 Å². The van der Waals surface area contributed by atoms with Gasteiger partial charge in [-0.15, -0.1) is 0 Å². The molecule has 0 aromatic heterocycles. The lowest BCUT2D eigenvalue weighted by molar-refractivity contribution is -0.127. The van der Waals surface area contributed by atoms with Crippen molar-refractivity contribution in [3.05, 3.63) is 46.5 Å². The van der Waals surface area contributed by atoms with Gasteiger partial charge in [-0.3, -0.25) is 4.79 Å². The number of hydrogen-bond donors (Lipinski definition) is 1. The number of benzene rings is 1. The molecule has 3 nitrogen and oxygen atoms in total. The molecule has 1 aliphatic heterocycles. The molecule has 1 heterocycles. The van der Waals surface area contributed by atoms with Crippen LogP contribution in [0.2, 0.25) is 0 Å². The first-order chi connectivity index (χ1) is 9.61. The summed E-state index contributed by atoms with van der Waals surface area (Å²) in [5, 5.41) is 3.20. The molecule has 0 spiro atoms. The van der Waals surface area contributed by atoms with Gasteiger partial charge in [0.25, 0.3) is 0 Å². The molecule has 108 valence electrons. The second kappa shape index (κ2) is 6.71. The standard InChI is InChI=1S/C17H24N2O/c1-4-9-19(12-15-7-5-13(2)6-8-15)17(20)14(3)16-10-18-11-16/h5-8,18H,4,9-12H2,1-3H3. The number of nitrogens with zero attached hydrogens (tertiary/aromatic N) is 1. The van der Waals surface area contributed by atoms with Crippen molar-refractivity contribution in [1.29, 1.82) is 0 Å². The Morgan fingerprint density at radius 2 is 1.90 bits per heavy atom. The van der Waals surface area contributed by atoms with E-state index in [1.807, 2.05) is 11.8 Å². The predicted molar refractivity (Wildman–Crippen MR) is 82.5 cm³/mol. The van der Waals surface area contributed by atoms with E-state index < -0.39 is 0 Å². The lowest BCUT2D eigenvalue weighted by Crippen LogP contribution is -2.39. The topological polar surface area (TPSA) is 32.3 Å². The van der Waals surface area contributed by atoms with Gasteiger partial charge in [0.15, 0.2) is 0 Å². The van der Waals surface area contributed by atoms with Crippen LogP contribution in [0.4, 0.5) is 0 Å². The minimum Gasteiger partial charge on any atom is -0.335 e. The highest BCUT2D eigenvalue weighted by atomic mass is 16.2. The van der Waals surface area contributed by atoms with Gasteiger partial charge in [0.05, 0.1) is 0 Å². The molecule has 0 saturated carbocycles. The maximum atomic E-state index is 12.6. The van der Waals surface area contributed by atoms with Crippen molar-refractivity contribution in [2.24, 2.45) is 0 Å². The average Bonchev–Trinajstić information content (AvgIpc) is 2.38. The zero-order valence-corrected chi connectivity index (χ0v) is 12.7. The minimum absolute atomic E-state index is 0.184. The molecular weight excluding hydrogens is 248 g/mol. The van der Waals surface area contributed by atoms with Crippen LogP contribution < -0.4 is 5.32 Å². The summed E-state index contributed by atoms with van der Waals surface area (Å²) in [4.78, 5) is 14.5. The zero-order valence-electron chi connectivity index (χ0n) is 12.7. The molecule has 3 heteroatoms. The highest BCUT2D eigenvalue weighted by molar-refractivity contribution is 5.94. The molecule has 0 bridgehead atoms. The maximum Gasteiger partial charge on any atom is 0.249 e. The van der Waals surface area contributed by atoms with Crippen LogP contribution in [-0.2, 0) is 11.3 Å². The van der Waals surface area contributed by atoms with Crippen LogP contribution in [0, 0.1) is 6.92 Å². The van der Waals surface area contributed by atoms with Crippen molar-refractivity contribution in [3.8, 4) is 0 Å². The fraction of sp³-hybridized carbons (Fsp3) is 0.471. The van der Waals surface area contributed by atoms with Gasteiger partial charge in [-0.05, 0) is 31.4 Å². The van der Waals surface area contributed by atoms with Crippen LogP contribution in [0.5, 0.6) is 0 Å². The largest absolute Gasteiger partial charge is 0.335 e. The van der Waals surface area contributed by atoms with E-state index in [0.29, 0.717) is 6.54 Å². The summed E-state index contributed by atoms with van der Waals surface area (Å²) in [7, 11) is 0. The highest BCUT2D eigenvalue weighted by Gasteiger charge is 2.20. The summed E-state index contributed by atoms with van der Waals surface area (Å²) in [6.45, 7) is 9.38. The fourth-order valence-corrected chi connectivity index (χ4v) is 2.34. The van der Waals surface area contributed by atoms with Crippen molar-refractivity contribution in [3.63, 3.8) is 0 Å². The second-order valence-electron chi connectivity index (χ2n) is 5.54. The van der Waals surface area contributed by atoms with Crippen LogP contribution in [0.1, 0.15) is 31.4 Å². The van der Waals surface area contributed by atoms with Crippen LogP contribution >= 0.6 is 0 Å². The Labute approximate surface area is 121 Å². The number of aryl methyl sites for hydroxylation is 1. The Hall–Kier alpha value is -1.61. The van der Waals surface area contributed by atoms with Crippen molar-refractivity contribution < 1.29 is 4.79 Å². The fourth-order valence-electron chi connectivity index (χ4n) is 2.34. The first-order valence-corrected chi connectivity index (χ1v) is 7.36. The summed E-state index contributed by atoms with van der Waals surface area (Å²) in [5.74, 6) is 0.184. The molecule has 1 N–H and O–H groups in total. The monoisotopic (exact) mass is 272 g/mol. The molecule has 1 fully saturated rings. The van der Waals surface area contributed by atoms with Crippen molar-refractivity contribution in [2.45, 2.75) is 33.7 Å². The Morgan fingerprint density at radius 1 is 1.25 bits per heavy atom. The first kappa shape index (κ1) is 14.8. The number of amides is 1. The van der Waals surface area contributed by atoms with Gasteiger partial charge in [0.1, 0.15) is 0 Å². The minimum atomic E-state index is 0.184. The molecule has 20 heavy (non-hydrogen) atoms. The van der Waals surface area contributed by atoms with Crippen molar-refractivity contribution in [2.75, 3.05) is 19.6 Å². The molecule has 1 amide bonds. The van der Waals surface area contributed by atoms with Gasteiger partial charge in [-0.1, -0.05) is 36.8 Å². The van der Waals surface area contributed by atoms with E-state index in [1.54, 1.807) is 0 Å². The zero-order chi connectivity index (χ0) is 14.5. The normalized spacial score (nSPS) is 13.8. The van der Waals surface area contributed by atoms with Crippen LogP contribution in [0.3, 0.4) is 0 Å². The average molecular weight is 272 g/mol. The Morgan fingerprint density at radius 3 is 2.40 bits per heavy atom. The van der Waals surface area contributed by atoms with Crippen LogP contribution in [-0.4, -0.2) is 30.4 Å². The number of carbonyl (C=O) groups is 1. The SMILES string of the molecule is CCCN(Cc1ccc(C)cc1)C(=O)C(C)=C1CNC1. The highest BCUT2D eigenvalue weighted by Crippen LogP contribution is 2.15. The number of hydrogen-bond acceptors (Lipinski definition) is 2. The lowest BCUT2D eigenvalue weighted by atomic mass is 10.0. The molecular formula is C17H24N2O. The van der Waals surface area contributed by atoms with Gasteiger partial charge >= 0.3 is 0 Å². The molecule has 0 unspecified atom stereocenters. The molecule has 0 aliphatic carbocycles. The van der Waals surface area contributed by atoms with Gasteiger partial charge < -0.3 is 10.2 Å². The van der Waals surface area contributed by atoms with E-state index in [1.165, 1.54) is 16.7 Å². The number of nitrogens with one attached hydrogen (secondary N) is 1. The quantitative estimate of drug-likeness (QED) is 0.836. The van der Waals surface area contributed by atoms with E-state index in [9.17, 15) is 4.79 Å². The predicted octanol–water partition coefficient (Wildman–Crippen LogP) is 2.65. The van der Waals surface area contributed by atoms with E-state index in [2.05, 4.69) is 43.4 Å². The number of rotatable bonds is 5. The lowest BCUT2D eigenvalue weighted by Gasteiger charge is -2.27. The Kier molecular flexibility index (Phi) is 4.96. The third-order valence-corrected chi connectivity index (χ3v) is 3.80. The molecule has 0 atom stereocenters. The third kappa shape index (κ3) is 3.48. The molecule has 0 radical (unpaired) electrons. The molecule has 1 aromatic carbocycles.